The van der Waals surface area contributed by atoms with Crippen LogP contribution in [0, 0.1) is 31.8 Å². The number of nitrogens with zero attached hydrogens (tertiary/aromatic N) is 2. The van der Waals surface area contributed by atoms with Crippen LogP contribution in [0.25, 0.3) is 36.9 Å². The summed E-state index contributed by atoms with van der Waals surface area (Å²) in [5.41, 5.74) is 2.53. The van der Waals surface area contributed by atoms with Crippen LogP contribution in [-0.2, 0) is 0 Å². The fraction of sp³-hybridized carbons (Fsp3) is 0.105. The van der Waals surface area contributed by atoms with Crippen molar-refractivity contribution < 1.29 is 0 Å². The van der Waals surface area contributed by atoms with Gasteiger partial charge in [0.2, 0.25) is 0 Å². The Labute approximate surface area is 129 Å². The Morgan fingerprint density at radius 2 is 1.86 bits per heavy atom. The van der Waals surface area contributed by atoms with E-state index in [1.54, 1.807) is 0 Å². The first-order valence-corrected chi connectivity index (χ1v) is 7.90. The molecule has 0 radical (unpaired) electrons. The Morgan fingerprint density at radius 3 is 2.59 bits per heavy atom. The predicted octanol–water partition coefficient (Wildman–Crippen LogP) is 6.20. The largest absolute Gasteiger partial charge is 0.237 e. The lowest BCUT2D eigenvalue weighted by Gasteiger charge is -2.14. The van der Waals surface area contributed by atoms with E-state index in [0.29, 0.717) is 5.69 Å². The summed E-state index contributed by atoms with van der Waals surface area (Å²) in [6.45, 7) is 11.6. The zero-order valence-electron chi connectivity index (χ0n) is 12.2. The van der Waals surface area contributed by atoms with Gasteiger partial charge in [0, 0.05) is 10.5 Å². The lowest BCUT2D eigenvalue weighted by atomic mass is 9.92. The molecule has 0 spiro atoms. The van der Waals surface area contributed by atoms with Gasteiger partial charge in [0.25, 0.3) is 0 Å². The molecule has 0 N–H and O–H groups in total. The van der Waals surface area contributed by atoms with Crippen molar-refractivity contribution in [2.45, 2.75) is 13.8 Å². The molecule has 1 heterocycles. The van der Waals surface area contributed by atoms with Crippen molar-refractivity contribution in [1.29, 1.82) is 5.26 Å². The molecular weight excluding hydrogens is 287 g/mol. The summed E-state index contributed by atoms with van der Waals surface area (Å²) in [5.74, 6) is 0. The highest BCUT2D eigenvalue weighted by Gasteiger charge is 2.15. The molecule has 102 valence electrons. The maximum atomic E-state index is 9.53. The average Bonchev–Trinajstić information content (AvgIpc) is 2.50. The monoisotopic (exact) mass is 298 g/mol. The van der Waals surface area contributed by atoms with Crippen molar-refractivity contribution in [1.82, 2.24) is 0 Å². The number of rotatable bonds is 0. The minimum Gasteiger partial charge on any atom is -0.237 e. The van der Waals surface area contributed by atoms with Gasteiger partial charge >= 0.3 is 0 Å². The number of hydrogen-bond acceptors (Lipinski definition) is 1. The second-order valence-electron chi connectivity index (χ2n) is 5.66. The van der Waals surface area contributed by atoms with E-state index in [1.165, 1.54) is 5.30 Å². The van der Waals surface area contributed by atoms with Crippen LogP contribution in [0.15, 0.2) is 30.3 Å². The summed E-state index contributed by atoms with van der Waals surface area (Å²) in [6.07, 6.45) is 0. The van der Waals surface area contributed by atoms with Gasteiger partial charge < -0.3 is 0 Å². The highest BCUT2D eigenvalue weighted by atomic mass is 31.0. The van der Waals surface area contributed by atoms with Crippen LogP contribution in [0.4, 0.5) is 5.69 Å². The zero-order chi connectivity index (χ0) is 15.4. The summed E-state index contributed by atoms with van der Waals surface area (Å²) in [4.78, 5) is 3.73. The summed E-state index contributed by atoms with van der Waals surface area (Å²) >= 11 is 0. The molecular formula is C19H11N2P. The number of benzene rings is 3. The Hall–Kier alpha value is -2.67. The van der Waals surface area contributed by atoms with Gasteiger partial charge in [-0.1, -0.05) is 26.4 Å². The molecule has 0 unspecified atom stereocenters. The molecule has 0 saturated heterocycles. The lowest BCUT2D eigenvalue weighted by molar-refractivity contribution is 1.49. The first kappa shape index (κ1) is 13.0. The minimum atomic E-state index is 0.694. The summed E-state index contributed by atoms with van der Waals surface area (Å²) in [6, 6.07) is 12.6. The molecule has 0 atom stereocenters. The van der Waals surface area contributed by atoms with E-state index in [1.807, 2.05) is 19.1 Å². The molecule has 4 rings (SSSR count). The summed E-state index contributed by atoms with van der Waals surface area (Å²) < 4.78 is 0. The molecule has 0 amide bonds. The minimum absolute atomic E-state index is 0.694. The van der Waals surface area contributed by atoms with Gasteiger partial charge in [-0.3, -0.25) is 0 Å². The Kier molecular flexibility index (Phi) is 2.61. The number of aryl methyl sites for hydroxylation is 2. The van der Waals surface area contributed by atoms with Crippen LogP contribution in [0.2, 0.25) is 0 Å². The first-order valence-electron chi connectivity index (χ1n) is 7.00. The van der Waals surface area contributed by atoms with Gasteiger partial charge in [0.05, 0.1) is 18.2 Å². The quantitative estimate of drug-likeness (QED) is 0.280. The third-order valence-corrected chi connectivity index (χ3v) is 5.19. The molecule has 3 heteroatoms. The van der Waals surface area contributed by atoms with Gasteiger partial charge in [0.15, 0.2) is 5.69 Å². The van der Waals surface area contributed by atoms with Crippen molar-refractivity contribution in [3.63, 3.8) is 0 Å². The third-order valence-electron chi connectivity index (χ3n) is 4.12. The molecule has 0 aliphatic rings. The average molecular weight is 298 g/mol. The molecule has 0 saturated carbocycles. The van der Waals surface area contributed by atoms with Crippen LogP contribution in [0.3, 0.4) is 0 Å². The van der Waals surface area contributed by atoms with Gasteiger partial charge in [-0.15, -0.1) is 0 Å². The Balaban J connectivity index is 2.46. The van der Waals surface area contributed by atoms with E-state index >= 15 is 0 Å². The van der Waals surface area contributed by atoms with Crippen LogP contribution in [-0.4, -0.2) is 0 Å². The normalized spacial score (nSPS) is 11.5. The van der Waals surface area contributed by atoms with Crippen molar-refractivity contribution >= 4 is 45.9 Å². The van der Waals surface area contributed by atoms with E-state index in [4.69, 9.17) is 6.57 Å². The Morgan fingerprint density at radius 1 is 1.05 bits per heavy atom. The van der Waals surface area contributed by atoms with Crippen LogP contribution < -0.4 is 0 Å². The van der Waals surface area contributed by atoms with E-state index in [2.05, 4.69) is 36.0 Å². The molecule has 0 aliphatic heterocycles. The van der Waals surface area contributed by atoms with Gasteiger partial charge in [-0.25, -0.2) is 4.85 Å². The fourth-order valence-electron chi connectivity index (χ4n) is 3.31. The number of hydrogen-bond donors (Lipinski definition) is 0. The maximum Gasteiger partial charge on any atom is 0.195 e. The third kappa shape index (κ3) is 1.62. The molecule has 0 bridgehead atoms. The second kappa shape index (κ2) is 4.41. The molecule has 22 heavy (non-hydrogen) atoms. The molecule has 3 aromatic carbocycles. The van der Waals surface area contributed by atoms with E-state index in [9.17, 15) is 5.26 Å². The van der Waals surface area contributed by atoms with E-state index in [-0.39, 0.29) is 0 Å². The summed E-state index contributed by atoms with van der Waals surface area (Å²) in [7, 11) is 1.13. The van der Waals surface area contributed by atoms with Gasteiger partial charge in [-0.05, 0) is 58.4 Å². The van der Waals surface area contributed by atoms with Crippen LogP contribution in [0.5, 0.6) is 0 Å². The standard InChI is InChI=1S/C19H11N2P/c1-10-4-12-7-16(21-3)15-6-11(2)22-17-8-13(9-20)14(5-10)18(12)19(15)17/h4-8H,1-2H3. The molecule has 0 aliphatic carbocycles. The van der Waals surface area contributed by atoms with Crippen molar-refractivity contribution in [3.8, 4) is 6.07 Å². The van der Waals surface area contributed by atoms with Crippen molar-refractivity contribution in [2.75, 3.05) is 0 Å². The highest BCUT2D eigenvalue weighted by Crippen LogP contribution is 2.44. The maximum absolute atomic E-state index is 9.53. The predicted molar refractivity (Wildman–Crippen MR) is 93.1 cm³/mol. The van der Waals surface area contributed by atoms with Crippen LogP contribution >= 0.6 is 8.19 Å². The van der Waals surface area contributed by atoms with Gasteiger partial charge in [0.1, 0.15) is 0 Å². The van der Waals surface area contributed by atoms with Crippen molar-refractivity contribution in [2.24, 2.45) is 0 Å². The van der Waals surface area contributed by atoms with Gasteiger partial charge in [-0.2, -0.15) is 5.26 Å². The lowest BCUT2D eigenvalue weighted by Crippen LogP contribution is -1.88. The second-order valence-corrected chi connectivity index (χ2v) is 7.07. The molecule has 4 aromatic rings. The molecule has 1 aromatic heterocycles. The topological polar surface area (TPSA) is 28.1 Å². The Bertz CT molecular complexity index is 1070. The number of nitriles is 1. The van der Waals surface area contributed by atoms with E-state index in [0.717, 1.165) is 51.4 Å². The molecule has 0 fully saturated rings. The zero-order valence-corrected chi connectivity index (χ0v) is 13.1. The van der Waals surface area contributed by atoms with E-state index < -0.39 is 0 Å². The fourth-order valence-corrected chi connectivity index (χ4v) is 4.42. The first-order chi connectivity index (χ1) is 10.6. The smallest absolute Gasteiger partial charge is 0.195 e. The molecule has 2 nitrogen and oxygen atoms in total. The highest BCUT2D eigenvalue weighted by molar-refractivity contribution is 7.37. The van der Waals surface area contributed by atoms with Crippen LogP contribution in [0.1, 0.15) is 16.4 Å². The summed E-state index contributed by atoms with van der Waals surface area (Å²) in [5, 5.41) is 17.2. The SMILES string of the molecule is [C-]#[N+]c1cc2cc(C)cc3c(C#N)cc4pc(C)cc1c4c23. The van der Waals surface area contributed by atoms with Crippen molar-refractivity contribution in [3.05, 3.63) is 58.2 Å².